The van der Waals surface area contributed by atoms with E-state index in [2.05, 4.69) is 15.5 Å². The molecule has 0 aliphatic heterocycles. The van der Waals surface area contributed by atoms with Gasteiger partial charge in [0.25, 0.3) is 11.6 Å². The zero-order valence-corrected chi connectivity index (χ0v) is 12.6. The number of nitro benzene ring substituents is 1. The molecule has 0 radical (unpaired) electrons. The first kappa shape index (κ1) is 16.1. The van der Waals surface area contributed by atoms with Crippen molar-refractivity contribution in [2.75, 3.05) is 19.0 Å². The highest BCUT2D eigenvalue weighted by Gasteiger charge is 2.11. The number of hydrazone groups is 1. The molecule has 1 N–H and O–H groups in total. The van der Waals surface area contributed by atoms with Crippen LogP contribution in [-0.2, 0) is 0 Å². The zero-order valence-electron chi connectivity index (χ0n) is 12.6. The molecular weight excluding hydrogens is 298 g/mol. The Hall–Kier alpha value is -3.29. The number of anilines is 1. The Morgan fingerprint density at radius 3 is 2.61 bits per heavy atom. The summed E-state index contributed by atoms with van der Waals surface area (Å²) in [4.78, 5) is 27.9. The van der Waals surface area contributed by atoms with E-state index in [4.69, 9.17) is 0 Å². The third-order valence-electron chi connectivity index (χ3n) is 3.02. The lowest BCUT2D eigenvalue weighted by Crippen LogP contribution is -2.18. The van der Waals surface area contributed by atoms with Crippen LogP contribution in [0.4, 0.5) is 11.4 Å². The number of carbonyl (C=O) groups is 1. The second-order valence-electron chi connectivity index (χ2n) is 4.83. The minimum Gasteiger partial charge on any atom is -0.377 e. The second-order valence-corrected chi connectivity index (χ2v) is 4.83. The van der Waals surface area contributed by atoms with Gasteiger partial charge in [-0.3, -0.25) is 19.9 Å². The van der Waals surface area contributed by atoms with Crippen molar-refractivity contribution in [3.63, 3.8) is 0 Å². The maximum atomic E-state index is 11.9. The molecule has 0 atom stereocenters. The van der Waals surface area contributed by atoms with Gasteiger partial charge >= 0.3 is 0 Å². The number of non-ortho nitro benzene ring substituents is 1. The van der Waals surface area contributed by atoms with Crippen LogP contribution in [0, 0.1) is 10.1 Å². The van der Waals surface area contributed by atoms with Gasteiger partial charge in [-0.2, -0.15) is 5.10 Å². The Balaban J connectivity index is 2.19. The molecule has 0 fully saturated rings. The van der Waals surface area contributed by atoms with E-state index >= 15 is 0 Å². The lowest BCUT2D eigenvalue weighted by atomic mass is 10.1. The van der Waals surface area contributed by atoms with Crippen molar-refractivity contribution in [3.8, 4) is 0 Å². The highest BCUT2D eigenvalue weighted by atomic mass is 16.6. The molecule has 0 saturated carbocycles. The number of hydrogen-bond acceptors (Lipinski definition) is 6. The molecule has 0 spiro atoms. The minimum absolute atomic E-state index is 0.0440. The van der Waals surface area contributed by atoms with Gasteiger partial charge in [0.15, 0.2) is 0 Å². The van der Waals surface area contributed by atoms with Crippen molar-refractivity contribution < 1.29 is 9.72 Å². The summed E-state index contributed by atoms with van der Waals surface area (Å²) in [5.41, 5.74) is 4.03. The summed E-state index contributed by atoms with van der Waals surface area (Å²) >= 11 is 0. The molecule has 0 bridgehead atoms. The smallest absolute Gasteiger partial charge is 0.271 e. The summed E-state index contributed by atoms with van der Waals surface area (Å²) in [7, 11) is 3.63. The first-order valence-electron chi connectivity index (χ1n) is 6.68. The van der Waals surface area contributed by atoms with Crippen molar-refractivity contribution in [1.82, 2.24) is 10.4 Å². The molecule has 0 aliphatic carbocycles. The van der Waals surface area contributed by atoms with Crippen molar-refractivity contribution in [1.29, 1.82) is 0 Å². The van der Waals surface area contributed by atoms with E-state index in [0.717, 1.165) is 5.69 Å². The lowest BCUT2D eigenvalue weighted by Gasteiger charge is -2.14. The average Bonchev–Trinajstić information content (AvgIpc) is 2.55. The van der Waals surface area contributed by atoms with Gasteiger partial charge in [-0.1, -0.05) is 0 Å². The summed E-state index contributed by atoms with van der Waals surface area (Å²) in [6.45, 7) is 0. The molecule has 1 heterocycles. The van der Waals surface area contributed by atoms with Crippen molar-refractivity contribution >= 4 is 23.5 Å². The van der Waals surface area contributed by atoms with Crippen LogP contribution in [0.2, 0.25) is 0 Å². The van der Waals surface area contributed by atoms with Gasteiger partial charge in [0, 0.05) is 55.4 Å². The number of rotatable bonds is 5. The van der Waals surface area contributed by atoms with E-state index in [1.165, 1.54) is 30.7 Å². The van der Waals surface area contributed by atoms with Crippen LogP contribution in [0.1, 0.15) is 15.9 Å². The van der Waals surface area contributed by atoms with Crippen LogP contribution >= 0.6 is 0 Å². The predicted octanol–water partition coefficient (Wildman–Crippen LogP) is 1.82. The van der Waals surface area contributed by atoms with Gasteiger partial charge in [-0.15, -0.1) is 0 Å². The van der Waals surface area contributed by atoms with E-state index in [-0.39, 0.29) is 11.6 Å². The second kappa shape index (κ2) is 7.12. The Morgan fingerprint density at radius 2 is 2.00 bits per heavy atom. The number of amides is 1. The maximum Gasteiger partial charge on any atom is 0.271 e. The molecule has 2 aromatic rings. The van der Waals surface area contributed by atoms with Crippen LogP contribution in [0.15, 0.2) is 47.8 Å². The molecule has 2 rings (SSSR count). The van der Waals surface area contributed by atoms with Gasteiger partial charge in [0.2, 0.25) is 0 Å². The number of benzene rings is 1. The number of nitrogens with one attached hydrogen (secondary N) is 1. The molecule has 23 heavy (non-hydrogen) atoms. The topological polar surface area (TPSA) is 101 Å². The van der Waals surface area contributed by atoms with Gasteiger partial charge < -0.3 is 4.90 Å². The fourth-order valence-corrected chi connectivity index (χ4v) is 1.89. The molecule has 118 valence electrons. The highest BCUT2D eigenvalue weighted by Crippen LogP contribution is 2.22. The van der Waals surface area contributed by atoms with Gasteiger partial charge in [0.1, 0.15) is 0 Å². The molecule has 1 aromatic heterocycles. The summed E-state index contributed by atoms with van der Waals surface area (Å²) in [5, 5.41) is 14.7. The SMILES string of the molecule is CN(C)c1ccc([N+](=O)[O-])cc1/C=N/NC(=O)c1ccncc1. The lowest BCUT2D eigenvalue weighted by molar-refractivity contribution is -0.384. The third kappa shape index (κ3) is 4.10. The maximum absolute atomic E-state index is 11.9. The number of carbonyl (C=O) groups excluding carboxylic acids is 1. The predicted molar refractivity (Wildman–Crippen MR) is 86.7 cm³/mol. The van der Waals surface area contributed by atoms with Gasteiger partial charge in [0.05, 0.1) is 11.1 Å². The Morgan fingerprint density at radius 1 is 1.30 bits per heavy atom. The Bertz CT molecular complexity index is 744. The zero-order chi connectivity index (χ0) is 16.8. The molecule has 0 saturated heterocycles. The highest BCUT2D eigenvalue weighted by molar-refractivity contribution is 5.95. The van der Waals surface area contributed by atoms with Crippen LogP contribution in [0.25, 0.3) is 0 Å². The number of hydrogen-bond donors (Lipinski definition) is 1. The van der Waals surface area contributed by atoms with Crippen molar-refractivity contribution in [3.05, 3.63) is 64.0 Å². The van der Waals surface area contributed by atoms with E-state index in [0.29, 0.717) is 11.1 Å². The van der Waals surface area contributed by atoms with E-state index < -0.39 is 4.92 Å². The Labute approximate surface area is 132 Å². The number of nitrogens with zero attached hydrogens (tertiary/aromatic N) is 4. The van der Waals surface area contributed by atoms with Crippen LogP contribution in [0.3, 0.4) is 0 Å². The normalized spacial score (nSPS) is 10.5. The van der Waals surface area contributed by atoms with Crippen molar-refractivity contribution in [2.24, 2.45) is 5.10 Å². The number of nitro groups is 1. The van der Waals surface area contributed by atoms with E-state index in [1.54, 1.807) is 23.1 Å². The van der Waals surface area contributed by atoms with E-state index in [1.807, 2.05) is 14.1 Å². The van der Waals surface area contributed by atoms with Gasteiger partial charge in [-0.05, 0) is 18.2 Å². The molecule has 8 nitrogen and oxygen atoms in total. The van der Waals surface area contributed by atoms with Crippen LogP contribution in [0.5, 0.6) is 0 Å². The van der Waals surface area contributed by atoms with Crippen molar-refractivity contribution in [2.45, 2.75) is 0 Å². The monoisotopic (exact) mass is 313 g/mol. The molecule has 0 unspecified atom stereocenters. The fraction of sp³-hybridized carbons (Fsp3) is 0.133. The minimum atomic E-state index is -0.480. The first-order chi connectivity index (χ1) is 11.0. The Kier molecular flexibility index (Phi) is 4.98. The molecule has 8 heteroatoms. The average molecular weight is 313 g/mol. The standard InChI is InChI=1S/C15H15N5O3/c1-19(2)14-4-3-13(20(22)23)9-12(14)10-17-18-15(21)11-5-7-16-8-6-11/h3-10H,1-2H3,(H,18,21)/b17-10+. The summed E-state index contributed by atoms with van der Waals surface area (Å²) < 4.78 is 0. The van der Waals surface area contributed by atoms with Crippen LogP contribution in [-0.4, -0.2) is 36.1 Å². The van der Waals surface area contributed by atoms with Gasteiger partial charge in [-0.25, -0.2) is 5.43 Å². The molecular formula is C15H15N5O3. The largest absolute Gasteiger partial charge is 0.377 e. The summed E-state index contributed by atoms with van der Waals surface area (Å²) in [6.07, 6.45) is 4.38. The van der Waals surface area contributed by atoms with Crippen LogP contribution < -0.4 is 10.3 Å². The third-order valence-corrected chi connectivity index (χ3v) is 3.02. The fourth-order valence-electron chi connectivity index (χ4n) is 1.89. The number of pyridine rings is 1. The first-order valence-corrected chi connectivity index (χ1v) is 6.68. The number of aromatic nitrogens is 1. The molecule has 1 aromatic carbocycles. The summed E-state index contributed by atoms with van der Waals surface area (Å²) in [6, 6.07) is 7.57. The molecule has 1 amide bonds. The summed E-state index contributed by atoms with van der Waals surface area (Å²) in [5.74, 6) is -0.388. The van der Waals surface area contributed by atoms with E-state index in [9.17, 15) is 14.9 Å². The quantitative estimate of drug-likeness (QED) is 0.515. The molecule has 0 aliphatic rings.